The molecule has 1 atom stereocenters. The van der Waals surface area contributed by atoms with Crippen LogP contribution in [0.5, 0.6) is 0 Å². The Labute approximate surface area is 123 Å². The first-order chi connectivity index (χ1) is 9.76. The molecule has 106 valence electrons. The summed E-state index contributed by atoms with van der Waals surface area (Å²) >= 11 is 5.87. The highest BCUT2D eigenvalue weighted by Gasteiger charge is 2.24. The van der Waals surface area contributed by atoms with Gasteiger partial charge < -0.3 is 9.52 Å². The van der Waals surface area contributed by atoms with Crippen LogP contribution in [0.2, 0.25) is 5.02 Å². The fourth-order valence-electron chi connectivity index (χ4n) is 2.62. The van der Waals surface area contributed by atoms with Gasteiger partial charge in [0.1, 0.15) is 6.26 Å². The van der Waals surface area contributed by atoms with E-state index in [1.165, 1.54) is 0 Å². The van der Waals surface area contributed by atoms with Crippen LogP contribution >= 0.6 is 11.6 Å². The second-order valence-electron chi connectivity index (χ2n) is 5.10. The smallest absolute Gasteiger partial charge is 0.226 e. The van der Waals surface area contributed by atoms with Gasteiger partial charge in [-0.05, 0) is 43.7 Å². The Bertz CT molecular complexity index is 568. The van der Waals surface area contributed by atoms with E-state index in [1.807, 2.05) is 24.3 Å². The summed E-state index contributed by atoms with van der Waals surface area (Å²) in [6.07, 6.45) is 3.88. The van der Waals surface area contributed by atoms with Gasteiger partial charge in [0.15, 0.2) is 0 Å². The number of aliphatic hydroxyl groups is 1. The molecule has 1 unspecified atom stereocenters. The molecular weight excluding hydrogens is 276 g/mol. The highest BCUT2D eigenvalue weighted by Crippen LogP contribution is 2.23. The molecule has 2 aromatic rings. The summed E-state index contributed by atoms with van der Waals surface area (Å²) in [6, 6.07) is 7.69. The number of oxazole rings is 1. The van der Waals surface area contributed by atoms with E-state index >= 15 is 0 Å². The van der Waals surface area contributed by atoms with E-state index in [2.05, 4.69) is 9.88 Å². The average Bonchev–Trinajstić information content (AvgIpc) is 3.09. The van der Waals surface area contributed by atoms with Crippen LogP contribution in [0.4, 0.5) is 0 Å². The predicted octanol–water partition coefficient (Wildman–Crippen LogP) is 2.95. The molecular formula is C15H17ClN2O2. The SMILES string of the molecule is OCC1CCCN1Cc1coc(-c2ccc(Cl)cc2)n1. The van der Waals surface area contributed by atoms with Gasteiger partial charge in [-0.2, -0.15) is 0 Å². The van der Waals surface area contributed by atoms with Gasteiger partial charge in [0.05, 0.1) is 12.3 Å². The molecule has 1 aromatic carbocycles. The number of halogens is 1. The predicted molar refractivity (Wildman–Crippen MR) is 77.5 cm³/mol. The first-order valence-corrected chi connectivity index (χ1v) is 7.19. The Kier molecular flexibility index (Phi) is 4.05. The molecule has 1 N–H and O–H groups in total. The third-order valence-electron chi connectivity index (χ3n) is 3.72. The minimum Gasteiger partial charge on any atom is -0.444 e. The molecule has 4 nitrogen and oxygen atoms in total. The third-order valence-corrected chi connectivity index (χ3v) is 3.97. The summed E-state index contributed by atoms with van der Waals surface area (Å²) in [7, 11) is 0. The third kappa shape index (κ3) is 2.87. The van der Waals surface area contributed by atoms with Crippen LogP contribution in [0.25, 0.3) is 11.5 Å². The van der Waals surface area contributed by atoms with Crippen LogP contribution in [0.1, 0.15) is 18.5 Å². The van der Waals surface area contributed by atoms with Crippen molar-refractivity contribution in [1.82, 2.24) is 9.88 Å². The molecule has 3 rings (SSSR count). The van der Waals surface area contributed by atoms with Gasteiger partial charge in [-0.3, -0.25) is 4.90 Å². The number of benzene rings is 1. The summed E-state index contributed by atoms with van der Waals surface area (Å²) in [5.74, 6) is 0.608. The van der Waals surface area contributed by atoms with E-state index in [0.717, 1.165) is 37.2 Å². The molecule has 1 aliphatic rings. The van der Waals surface area contributed by atoms with Gasteiger partial charge in [0.25, 0.3) is 0 Å². The van der Waals surface area contributed by atoms with Gasteiger partial charge in [0, 0.05) is 23.2 Å². The molecule has 1 aromatic heterocycles. The van der Waals surface area contributed by atoms with Crippen molar-refractivity contribution in [2.45, 2.75) is 25.4 Å². The van der Waals surface area contributed by atoms with Crippen molar-refractivity contribution in [2.24, 2.45) is 0 Å². The van der Waals surface area contributed by atoms with Gasteiger partial charge in [-0.1, -0.05) is 11.6 Å². The lowest BCUT2D eigenvalue weighted by Crippen LogP contribution is -2.31. The van der Waals surface area contributed by atoms with Crippen LogP contribution in [-0.2, 0) is 6.54 Å². The summed E-state index contributed by atoms with van der Waals surface area (Å²) in [4.78, 5) is 6.76. The Morgan fingerprint density at radius 2 is 2.15 bits per heavy atom. The van der Waals surface area contributed by atoms with Gasteiger partial charge in [0.2, 0.25) is 5.89 Å². The molecule has 0 spiro atoms. The topological polar surface area (TPSA) is 49.5 Å². The first-order valence-electron chi connectivity index (χ1n) is 6.81. The maximum atomic E-state index is 9.33. The van der Waals surface area contributed by atoms with Crippen molar-refractivity contribution in [2.75, 3.05) is 13.2 Å². The molecule has 1 saturated heterocycles. The molecule has 0 amide bonds. The zero-order valence-electron chi connectivity index (χ0n) is 11.1. The average molecular weight is 293 g/mol. The van der Waals surface area contributed by atoms with Crippen LogP contribution in [-0.4, -0.2) is 34.2 Å². The number of nitrogens with zero attached hydrogens (tertiary/aromatic N) is 2. The second-order valence-corrected chi connectivity index (χ2v) is 5.54. The van der Waals surface area contributed by atoms with Crippen LogP contribution < -0.4 is 0 Å². The molecule has 0 bridgehead atoms. The maximum absolute atomic E-state index is 9.33. The van der Waals surface area contributed by atoms with Gasteiger partial charge in [-0.15, -0.1) is 0 Å². The number of rotatable bonds is 4. The zero-order chi connectivity index (χ0) is 13.9. The normalized spacial score (nSPS) is 19.6. The fourth-order valence-corrected chi connectivity index (χ4v) is 2.75. The van der Waals surface area contributed by atoms with Crippen molar-refractivity contribution < 1.29 is 9.52 Å². The van der Waals surface area contributed by atoms with E-state index in [9.17, 15) is 5.11 Å². The van der Waals surface area contributed by atoms with E-state index in [-0.39, 0.29) is 12.6 Å². The number of aliphatic hydroxyl groups excluding tert-OH is 1. The quantitative estimate of drug-likeness (QED) is 0.941. The minimum atomic E-state index is 0.210. The summed E-state index contributed by atoms with van der Waals surface area (Å²) < 4.78 is 5.53. The monoisotopic (exact) mass is 292 g/mol. The molecule has 20 heavy (non-hydrogen) atoms. The standard InChI is InChI=1S/C15H17ClN2O2/c16-12-5-3-11(4-6-12)15-17-13(10-20-15)8-18-7-1-2-14(18)9-19/h3-6,10,14,19H,1-2,7-9H2. The van der Waals surface area contributed by atoms with E-state index in [0.29, 0.717) is 10.9 Å². The number of hydrogen-bond donors (Lipinski definition) is 1. The van der Waals surface area contributed by atoms with Crippen molar-refractivity contribution in [3.63, 3.8) is 0 Å². The van der Waals surface area contributed by atoms with Crippen LogP contribution in [0.3, 0.4) is 0 Å². The molecule has 0 saturated carbocycles. The lowest BCUT2D eigenvalue weighted by molar-refractivity contribution is 0.152. The molecule has 2 heterocycles. The lowest BCUT2D eigenvalue weighted by Gasteiger charge is -2.20. The van der Waals surface area contributed by atoms with E-state index in [1.54, 1.807) is 6.26 Å². The Balaban J connectivity index is 1.72. The molecule has 0 aliphatic carbocycles. The van der Waals surface area contributed by atoms with Crippen molar-refractivity contribution >= 4 is 11.6 Å². The minimum absolute atomic E-state index is 0.210. The maximum Gasteiger partial charge on any atom is 0.226 e. The number of likely N-dealkylation sites (tertiary alicyclic amines) is 1. The largest absolute Gasteiger partial charge is 0.444 e. The first kappa shape index (κ1) is 13.6. The molecule has 1 fully saturated rings. The molecule has 1 aliphatic heterocycles. The second kappa shape index (κ2) is 5.95. The zero-order valence-corrected chi connectivity index (χ0v) is 11.9. The highest BCUT2D eigenvalue weighted by molar-refractivity contribution is 6.30. The fraction of sp³-hybridized carbons (Fsp3) is 0.400. The number of aromatic nitrogens is 1. The Morgan fingerprint density at radius 3 is 2.90 bits per heavy atom. The summed E-state index contributed by atoms with van der Waals surface area (Å²) in [5.41, 5.74) is 1.82. The van der Waals surface area contributed by atoms with Crippen LogP contribution in [0, 0.1) is 0 Å². The highest BCUT2D eigenvalue weighted by atomic mass is 35.5. The Morgan fingerprint density at radius 1 is 1.35 bits per heavy atom. The lowest BCUT2D eigenvalue weighted by atomic mass is 10.2. The Hall–Kier alpha value is -1.36. The molecule has 5 heteroatoms. The number of hydrogen-bond acceptors (Lipinski definition) is 4. The van der Waals surface area contributed by atoms with Gasteiger partial charge >= 0.3 is 0 Å². The van der Waals surface area contributed by atoms with Gasteiger partial charge in [-0.25, -0.2) is 4.98 Å². The summed E-state index contributed by atoms with van der Waals surface area (Å²) in [6.45, 7) is 1.94. The van der Waals surface area contributed by atoms with Crippen LogP contribution in [0.15, 0.2) is 34.9 Å². The van der Waals surface area contributed by atoms with E-state index in [4.69, 9.17) is 16.0 Å². The van der Waals surface area contributed by atoms with Crippen molar-refractivity contribution in [3.05, 3.63) is 41.2 Å². The van der Waals surface area contributed by atoms with Crippen molar-refractivity contribution in [3.8, 4) is 11.5 Å². The van der Waals surface area contributed by atoms with Crippen molar-refractivity contribution in [1.29, 1.82) is 0 Å². The molecule has 0 radical (unpaired) electrons. The van der Waals surface area contributed by atoms with E-state index < -0.39 is 0 Å². The summed E-state index contributed by atoms with van der Waals surface area (Å²) in [5, 5.41) is 10.0.